The van der Waals surface area contributed by atoms with Crippen LogP contribution in [0.5, 0.6) is 0 Å². The van der Waals surface area contributed by atoms with E-state index >= 15 is 0 Å². The van der Waals surface area contributed by atoms with E-state index in [-0.39, 0.29) is 11.5 Å². The summed E-state index contributed by atoms with van der Waals surface area (Å²) in [6.07, 6.45) is 2.82. The molecule has 3 rings (SSSR count). The van der Waals surface area contributed by atoms with Crippen molar-refractivity contribution < 1.29 is 9.90 Å². The van der Waals surface area contributed by atoms with E-state index in [4.69, 9.17) is 11.6 Å². The van der Waals surface area contributed by atoms with E-state index in [1.807, 2.05) is 42.5 Å². The molecule has 0 fully saturated rings. The standard InChI is InChI=1S/C19H17ClO2/c20-18-16(12-6-9-13-7-2-1-3-8-13)14-10-4-5-11-15(14)17(18)19(21)22/h1-5,7-8,10-11,16H,6,9,12H2,(H,21,22). The molecule has 1 aliphatic carbocycles. The van der Waals surface area contributed by atoms with E-state index in [1.165, 1.54) is 5.56 Å². The average Bonchev–Trinajstić information content (AvgIpc) is 2.81. The summed E-state index contributed by atoms with van der Waals surface area (Å²) < 4.78 is 0. The lowest BCUT2D eigenvalue weighted by Gasteiger charge is -2.12. The fourth-order valence-electron chi connectivity index (χ4n) is 3.12. The van der Waals surface area contributed by atoms with Gasteiger partial charge in [0.25, 0.3) is 0 Å². The highest BCUT2D eigenvalue weighted by molar-refractivity contribution is 6.40. The smallest absolute Gasteiger partial charge is 0.337 e. The molecule has 22 heavy (non-hydrogen) atoms. The Morgan fingerprint density at radius 1 is 1.05 bits per heavy atom. The fraction of sp³-hybridized carbons (Fsp3) is 0.211. The summed E-state index contributed by atoms with van der Waals surface area (Å²) in [5.74, 6) is -0.935. The van der Waals surface area contributed by atoms with Crippen LogP contribution in [0.4, 0.5) is 0 Å². The number of aliphatic carboxylic acids is 1. The number of carbonyl (C=O) groups is 1. The number of halogens is 1. The summed E-state index contributed by atoms with van der Waals surface area (Å²) >= 11 is 6.39. The van der Waals surface area contributed by atoms with Gasteiger partial charge in [-0.25, -0.2) is 4.79 Å². The van der Waals surface area contributed by atoms with Gasteiger partial charge in [0.2, 0.25) is 0 Å². The van der Waals surface area contributed by atoms with Crippen LogP contribution < -0.4 is 0 Å². The van der Waals surface area contributed by atoms with Gasteiger partial charge in [-0.15, -0.1) is 0 Å². The lowest BCUT2D eigenvalue weighted by atomic mass is 9.94. The predicted molar refractivity (Wildman–Crippen MR) is 89.0 cm³/mol. The van der Waals surface area contributed by atoms with Crippen molar-refractivity contribution in [2.75, 3.05) is 0 Å². The zero-order chi connectivity index (χ0) is 15.5. The second-order valence-electron chi connectivity index (χ2n) is 5.55. The van der Waals surface area contributed by atoms with Gasteiger partial charge in [-0.1, -0.05) is 66.2 Å². The van der Waals surface area contributed by atoms with Crippen molar-refractivity contribution in [3.63, 3.8) is 0 Å². The third-order valence-corrected chi connectivity index (χ3v) is 4.62. The molecule has 1 atom stereocenters. The molecule has 2 aromatic rings. The highest BCUT2D eigenvalue weighted by Crippen LogP contribution is 2.46. The van der Waals surface area contributed by atoms with Crippen molar-refractivity contribution in [2.24, 2.45) is 0 Å². The Balaban J connectivity index is 1.77. The van der Waals surface area contributed by atoms with Crippen molar-refractivity contribution >= 4 is 23.1 Å². The molecule has 0 spiro atoms. The van der Waals surface area contributed by atoms with Crippen molar-refractivity contribution in [3.05, 3.63) is 76.3 Å². The SMILES string of the molecule is O=C(O)C1=C(Cl)C(CCCc2ccccc2)c2ccccc21. The Bertz CT molecular complexity index is 719. The van der Waals surface area contributed by atoms with Crippen LogP contribution in [0.2, 0.25) is 0 Å². The third kappa shape index (κ3) is 2.79. The highest BCUT2D eigenvalue weighted by atomic mass is 35.5. The summed E-state index contributed by atoms with van der Waals surface area (Å²) in [7, 11) is 0. The Morgan fingerprint density at radius 2 is 1.73 bits per heavy atom. The molecule has 1 N–H and O–H groups in total. The molecule has 0 heterocycles. The lowest BCUT2D eigenvalue weighted by Crippen LogP contribution is -1.98. The maximum atomic E-state index is 11.5. The molecule has 3 heteroatoms. The van der Waals surface area contributed by atoms with Crippen LogP contribution >= 0.6 is 11.6 Å². The number of fused-ring (bicyclic) bond motifs is 1. The quantitative estimate of drug-likeness (QED) is 0.857. The maximum Gasteiger partial charge on any atom is 0.337 e. The van der Waals surface area contributed by atoms with Crippen LogP contribution in [-0.4, -0.2) is 11.1 Å². The van der Waals surface area contributed by atoms with E-state index in [1.54, 1.807) is 0 Å². The minimum Gasteiger partial charge on any atom is -0.478 e. The second-order valence-corrected chi connectivity index (χ2v) is 5.95. The Labute approximate surface area is 135 Å². The predicted octanol–water partition coefficient (Wildman–Crippen LogP) is 4.84. The topological polar surface area (TPSA) is 37.3 Å². The van der Waals surface area contributed by atoms with Crippen molar-refractivity contribution in [1.29, 1.82) is 0 Å². The van der Waals surface area contributed by atoms with Gasteiger partial charge in [-0.2, -0.15) is 0 Å². The van der Waals surface area contributed by atoms with Gasteiger partial charge < -0.3 is 5.11 Å². The lowest BCUT2D eigenvalue weighted by molar-refractivity contribution is -0.130. The summed E-state index contributed by atoms with van der Waals surface area (Å²) in [4.78, 5) is 11.5. The molecule has 0 radical (unpaired) electrons. The van der Waals surface area contributed by atoms with Gasteiger partial charge in [0.15, 0.2) is 0 Å². The monoisotopic (exact) mass is 312 g/mol. The van der Waals surface area contributed by atoms with Gasteiger partial charge in [-0.3, -0.25) is 0 Å². The molecule has 2 nitrogen and oxygen atoms in total. The van der Waals surface area contributed by atoms with E-state index in [0.29, 0.717) is 5.03 Å². The van der Waals surface area contributed by atoms with E-state index in [0.717, 1.165) is 30.4 Å². The molecule has 0 saturated carbocycles. The number of allylic oxidation sites excluding steroid dienone is 1. The largest absolute Gasteiger partial charge is 0.478 e. The molecule has 0 saturated heterocycles. The first-order valence-corrected chi connectivity index (χ1v) is 7.82. The first-order valence-electron chi connectivity index (χ1n) is 7.44. The number of carboxylic acids is 1. The van der Waals surface area contributed by atoms with E-state index < -0.39 is 5.97 Å². The average molecular weight is 313 g/mol. The molecule has 1 aliphatic rings. The Hall–Kier alpha value is -2.06. The van der Waals surface area contributed by atoms with Crippen LogP contribution in [0.3, 0.4) is 0 Å². The first kappa shape index (κ1) is 14.9. The zero-order valence-electron chi connectivity index (χ0n) is 12.1. The summed E-state index contributed by atoms with van der Waals surface area (Å²) in [5, 5.41) is 9.88. The number of hydrogen-bond acceptors (Lipinski definition) is 1. The van der Waals surface area contributed by atoms with Gasteiger partial charge in [-0.05, 0) is 36.0 Å². The van der Waals surface area contributed by atoms with Crippen LogP contribution in [0, 0.1) is 0 Å². The molecule has 2 aromatic carbocycles. The normalized spacial score (nSPS) is 16.7. The fourth-order valence-corrected chi connectivity index (χ4v) is 3.53. The maximum absolute atomic E-state index is 11.5. The van der Waals surface area contributed by atoms with E-state index in [2.05, 4.69) is 12.1 Å². The molecule has 1 unspecified atom stereocenters. The molecule has 112 valence electrons. The molecule has 0 amide bonds. The zero-order valence-corrected chi connectivity index (χ0v) is 12.9. The number of benzene rings is 2. The number of carboxylic acid groups (broad SMARTS) is 1. The Morgan fingerprint density at radius 3 is 2.45 bits per heavy atom. The van der Waals surface area contributed by atoms with Gasteiger partial charge in [0.05, 0.1) is 5.57 Å². The molecule has 0 aliphatic heterocycles. The van der Waals surface area contributed by atoms with Crippen molar-refractivity contribution in [2.45, 2.75) is 25.2 Å². The number of rotatable bonds is 5. The molecule has 0 aromatic heterocycles. The summed E-state index contributed by atoms with van der Waals surface area (Å²) in [6, 6.07) is 17.9. The minimum absolute atomic E-state index is 0.00711. The van der Waals surface area contributed by atoms with Crippen LogP contribution in [-0.2, 0) is 11.2 Å². The van der Waals surface area contributed by atoms with Gasteiger partial charge in [0, 0.05) is 11.0 Å². The molecular weight excluding hydrogens is 296 g/mol. The van der Waals surface area contributed by atoms with Crippen LogP contribution in [0.15, 0.2) is 59.6 Å². The van der Waals surface area contributed by atoms with Gasteiger partial charge >= 0.3 is 5.97 Å². The first-order chi connectivity index (χ1) is 10.7. The number of hydrogen-bond donors (Lipinski definition) is 1. The highest BCUT2D eigenvalue weighted by Gasteiger charge is 2.32. The summed E-state index contributed by atoms with van der Waals surface area (Å²) in [5.41, 5.74) is 3.37. The minimum atomic E-state index is -0.942. The molecular formula is C19H17ClO2. The molecule has 0 bridgehead atoms. The van der Waals surface area contributed by atoms with Crippen molar-refractivity contribution in [1.82, 2.24) is 0 Å². The second kappa shape index (κ2) is 6.37. The van der Waals surface area contributed by atoms with Crippen molar-refractivity contribution in [3.8, 4) is 0 Å². The van der Waals surface area contributed by atoms with Crippen LogP contribution in [0.1, 0.15) is 35.4 Å². The number of aryl methyl sites for hydroxylation is 1. The van der Waals surface area contributed by atoms with E-state index in [9.17, 15) is 9.90 Å². The summed E-state index contributed by atoms with van der Waals surface area (Å²) in [6.45, 7) is 0. The Kier molecular flexibility index (Phi) is 4.30. The van der Waals surface area contributed by atoms with Gasteiger partial charge in [0.1, 0.15) is 0 Å². The van der Waals surface area contributed by atoms with Crippen LogP contribution in [0.25, 0.3) is 5.57 Å². The third-order valence-electron chi connectivity index (χ3n) is 4.17.